The van der Waals surface area contributed by atoms with Gasteiger partial charge in [0.1, 0.15) is 0 Å². The van der Waals surface area contributed by atoms with Crippen molar-refractivity contribution in [2.75, 3.05) is 6.61 Å². The lowest BCUT2D eigenvalue weighted by atomic mass is 9.82. The number of ketones is 1. The van der Waals surface area contributed by atoms with Gasteiger partial charge in [0, 0.05) is 18.4 Å². The van der Waals surface area contributed by atoms with E-state index in [9.17, 15) is 19.8 Å². The minimum atomic E-state index is -0.785. The Hall–Kier alpha value is -3.50. The van der Waals surface area contributed by atoms with E-state index in [0.29, 0.717) is 12.8 Å². The third kappa shape index (κ3) is 4.07. The maximum absolute atomic E-state index is 13.4. The number of aliphatic carboxylic acids is 1. The molecule has 40 heavy (non-hydrogen) atoms. The normalized spacial score (nSPS) is 25.9. The highest BCUT2D eigenvalue weighted by Crippen LogP contribution is 2.52. The van der Waals surface area contributed by atoms with Gasteiger partial charge >= 0.3 is 5.97 Å². The molecule has 0 saturated heterocycles. The van der Waals surface area contributed by atoms with E-state index in [2.05, 4.69) is 65.0 Å². The predicted octanol–water partition coefficient (Wildman–Crippen LogP) is 7.50. The Morgan fingerprint density at radius 1 is 0.875 bits per heavy atom. The number of aliphatic hydroxyl groups excluding tert-OH is 1. The summed E-state index contributed by atoms with van der Waals surface area (Å²) in [6.45, 7) is 10.8. The van der Waals surface area contributed by atoms with E-state index in [1.165, 1.54) is 44.6 Å². The molecule has 8 bridgehead atoms. The van der Waals surface area contributed by atoms with Crippen LogP contribution in [0.3, 0.4) is 0 Å². The van der Waals surface area contributed by atoms with Crippen molar-refractivity contribution in [1.29, 1.82) is 0 Å². The van der Waals surface area contributed by atoms with Crippen LogP contribution in [0.2, 0.25) is 0 Å². The van der Waals surface area contributed by atoms with E-state index >= 15 is 0 Å². The summed E-state index contributed by atoms with van der Waals surface area (Å²) >= 11 is 0. The Bertz CT molecular complexity index is 1600. The van der Waals surface area contributed by atoms with Crippen LogP contribution in [-0.2, 0) is 9.59 Å². The Labute approximate surface area is 236 Å². The first-order valence-corrected chi connectivity index (χ1v) is 14.6. The summed E-state index contributed by atoms with van der Waals surface area (Å²) < 4.78 is 0. The Balaban J connectivity index is 1.59. The second-order valence-corrected chi connectivity index (χ2v) is 12.1. The number of carbonyl (C=O) groups is 2. The first-order valence-electron chi connectivity index (χ1n) is 14.6. The molecule has 206 valence electrons. The lowest BCUT2D eigenvalue weighted by Gasteiger charge is -2.21. The highest BCUT2D eigenvalue weighted by atomic mass is 16.4. The van der Waals surface area contributed by atoms with Crippen molar-refractivity contribution in [1.82, 2.24) is 0 Å². The van der Waals surface area contributed by atoms with Crippen molar-refractivity contribution in [3.05, 3.63) is 114 Å². The third-order valence-electron chi connectivity index (χ3n) is 10.1. The van der Waals surface area contributed by atoms with E-state index < -0.39 is 5.97 Å². The first-order chi connectivity index (χ1) is 19.1. The second kappa shape index (κ2) is 9.85. The average Bonchev–Trinajstić information content (AvgIpc) is 3.65. The van der Waals surface area contributed by atoms with Gasteiger partial charge in [0.2, 0.25) is 0 Å². The average molecular weight is 535 g/mol. The Kier molecular flexibility index (Phi) is 6.58. The van der Waals surface area contributed by atoms with Gasteiger partial charge in [0.15, 0.2) is 5.78 Å². The van der Waals surface area contributed by atoms with Crippen molar-refractivity contribution in [2.45, 2.75) is 73.1 Å². The van der Waals surface area contributed by atoms with Crippen molar-refractivity contribution < 1.29 is 19.8 Å². The van der Waals surface area contributed by atoms with Gasteiger partial charge in [-0.25, -0.2) is 0 Å². The number of carboxylic acids is 1. The van der Waals surface area contributed by atoms with Crippen LogP contribution in [0.1, 0.15) is 73.1 Å². The van der Waals surface area contributed by atoms with Crippen molar-refractivity contribution in [3.63, 3.8) is 0 Å². The number of hydrogen-bond acceptors (Lipinski definition) is 3. The molecule has 2 N–H and O–H groups in total. The molecule has 0 unspecified atom stereocenters. The maximum atomic E-state index is 13.4. The Morgan fingerprint density at radius 2 is 1.65 bits per heavy atom. The quantitative estimate of drug-likeness (QED) is 0.383. The molecule has 4 nitrogen and oxygen atoms in total. The second-order valence-electron chi connectivity index (χ2n) is 12.1. The number of fused-ring (bicyclic) bond motifs is 6. The monoisotopic (exact) mass is 534 g/mol. The summed E-state index contributed by atoms with van der Waals surface area (Å²) in [6, 6.07) is 0. The van der Waals surface area contributed by atoms with Gasteiger partial charge in [-0.1, -0.05) is 38.2 Å². The highest BCUT2D eigenvalue weighted by Gasteiger charge is 2.41. The van der Waals surface area contributed by atoms with Crippen LogP contribution in [-0.4, -0.2) is 28.6 Å². The van der Waals surface area contributed by atoms with Crippen LogP contribution in [0.5, 0.6) is 0 Å². The molecule has 4 heteroatoms. The number of rotatable bonds is 5. The minimum absolute atomic E-state index is 0.00461. The summed E-state index contributed by atoms with van der Waals surface area (Å²) in [5.74, 6) is -0.385. The molecule has 2 atom stereocenters. The van der Waals surface area contributed by atoms with Crippen molar-refractivity contribution >= 4 is 11.8 Å². The molecule has 6 rings (SSSR count). The first kappa shape index (κ1) is 26.7. The van der Waals surface area contributed by atoms with Gasteiger partial charge in [-0.3, -0.25) is 9.59 Å². The molecule has 0 radical (unpaired) electrons. The number of aliphatic hydroxyl groups is 1. The predicted molar refractivity (Wildman–Crippen MR) is 158 cm³/mol. The summed E-state index contributed by atoms with van der Waals surface area (Å²) in [5.41, 5.74) is 17.3. The smallest absolute Gasteiger partial charge is 0.303 e. The molecule has 0 aliphatic heterocycles. The fraction of sp³-hybridized carbons (Fsp3) is 0.389. The van der Waals surface area contributed by atoms with E-state index in [4.69, 9.17) is 0 Å². The Morgan fingerprint density at radius 3 is 2.35 bits per heavy atom. The summed E-state index contributed by atoms with van der Waals surface area (Å²) in [7, 11) is 0. The summed E-state index contributed by atoms with van der Waals surface area (Å²) in [4.78, 5) is 25.0. The lowest BCUT2D eigenvalue weighted by molar-refractivity contribution is -0.137. The molecule has 0 aromatic rings. The van der Waals surface area contributed by atoms with Crippen LogP contribution in [0.15, 0.2) is 114 Å². The fourth-order valence-electron chi connectivity index (χ4n) is 7.79. The van der Waals surface area contributed by atoms with Gasteiger partial charge in [0.25, 0.3) is 0 Å². The van der Waals surface area contributed by atoms with Gasteiger partial charge in [-0.15, -0.1) is 0 Å². The summed E-state index contributed by atoms with van der Waals surface area (Å²) in [5, 5.41) is 19.9. The number of hydrogen-bond donors (Lipinski definition) is 2. The van der Waals surface area contributed by atoms with Gasteiger partial charge in [-0.05, 0) is 142 Å². The van der Waals surface area contributed by atoms with Crippen LogP contribution < -0.4 is 0 Å². The highest BCUT2D eigenvalue weighted by molar-refractivity contribution is 6.08. The maximum Gasteiger partial charge on any atom is 0.303 e. The zero-order chi connectivity index (χ0) is 28.5. The number of carbonyl (C=O) groups excluding carboxylic acids is 1. The number of allylic oxidation sites excluding steroid dienone is 18. The molecular formula is C36H38O4. The molecule has 0 spiro atoms. The molecule has 6 aliphatic rings. The van der Waals surface area contributed by atoms with E-state index in [-0.39, 0.29) is 30.6 Å². The molecular weight excluding hydrogens is 496 g/mol. The van der Waals surface area contributed by atoms with Gasteiger partial charge in [0.05, 0.1) is 6.61 Å². The molecule has 0 saturated carbocycles. The van der Waals surface area contributed by atoms with Crippen LogP contribution >= 0.6 is 0 Å². The number of Topliss-reactive ketones (excluding diaryl/α,β-unsaturated/α-hetero) is 1. The van der Waals surface area contributed by atoms with Crippen molar-refractivity contribution in [3.8, 4) is 0 Å². The van der Waals surface area contributed by atoms with E-state index in [0.717, 1.165) is 58.3 Å². The zero-order valence-corrected chi connectivity index (χ0v) is 24.2. The molecule has 0 fully saturated rings. The third-order valence-corrected chi connectivity index (χ3v) is 10.1. The minimum Gasteiger partial charge on any atom is -0.481 e. The van der Waals surface area contributed by atoms with Crippen LogP contribution in [0.25, 0.3) is 0 Å². The lowest BCUT2D eigenvalue weighted by Crippen LogP contribution is -2.13. The molecule has 0 amide bonds. The zero-order valence-electron chi connectivity index (χ0n) is 24.2. The standard InChI is InChI=1S/C36H38O4/c1-6-28-18(2)23-10-26(28)13-25-15-32-31(16-34(38)36(32)21(25)5)30-14-24(19(3)29(30)7-8-35(39)40)9-22-11-27(12-23)33(17-37)20(22)4/h9-10,12-14,19,29,37H,6-8,11,15-17H2,1-5H3,(H,39,40)/t19-,29+/m1/s1. The SMILES string of the molecule is CCC1=C(C)C2=CC3=C(CO)C(C)=C(C=C4C=C(C5=C6CC(=CC1=C2)C(C)=C6C(=O)C5)[C@@H](CCC(=O)O)[C@@H]4C)C3. The van der Waals surface area contributed by atoms with Crippen LogP contribution in [0, 0.1) is 11.8 Å². The fourth-order valence-corrected chi connectivity index (χ4v) is 7.79. The molecule has 0 aromatic heterocycles. The largest absolute Gasteiger partial charge is 0.481 e. The van der Waals surface area contributed by atoms with Gasteiger partial charge < -0.3 is 10.2 Å². The van der Waals surface area contributed by atoms with E-state index in [1.54, 1.807) is 0 Å². The van der Waals surface area contributed by atoms with Crippen molar-refractivity contribution in [2.24, 2.45) is 11.8 Å². The van der Waals surface area contributed by atoms with Crippen LogP contribution in [0.4, 0.5) is 0 Å². The topological polar surface area (TPSA) is 74.6 Å². The van der Waals surface area contributed by atoms with Gasteiger partial charge in [-0.2, -0.15) is 0 Å². The number of carboxylic acid groups (broad SMARTS) is 1. The summed E-state index contributed by atoms with van der Waals surface area (Å²) in [6.07, 6.45) is 14.9. The van der Waals surface area contributed by atoms with E-state index in [1.807, 2.05) is 0 Å². The molecule has 0 heterocycles. The molecule has 6 aliphatic carbocycles. The molecule has 0 aromatic carbocycles.